The molecule has 1 atom stereocenters. The third-order valence-corrected chi connectivity index (χ3v) is 3.96. The van der Waals surface area contributed by atoms with E-state index in [4.69, 9.17) is 0 Å². The Morgan fingerprint density at radius 1 is 1.20 bits per heavy atom. The van der Waals surface area contributed by atoms with Crippen LogP contribution < -0.4 is 5.32 Å². The van der Waals surface area contributed by atoms with Crippen molar-refractivity contribution in [1.29, 1.82) is 0 Å². The zero-order chi connectivity index (χ0) is 14.3. The molecule has 0 aliphatic carbocycles. The van der Waals surface area contributed by atoms with Crippen LogP contribution in [0.4, 0.5) is 0 Å². The topological polar surface area (TPSA) is 66.5 Å². The number of nitrogens with one attached hydrogen (secondary N) is 1. The Bertz CT molecular complexity index is 609. The SMILES string of the molecule is Cc1ccc2c(c1)CCN(C1CCC(=O)NC1=O)C2=O. The van der Waals surface area contributed by atoms with Gasteiger partial charge in [-0.1, -0.05) is 17.7 Å². The van der Waals surface area contributed by atoms with Gasteiger partial charge in [0.05, 0.1) is 0 Å². The summed E-state index contributed by atoms with van der Waals surface area (Å²) < 4.78 is 0. The molecule has 0 aromatic heterocycles. The van der Waals surface area contributed by atoms with Crippen molar-refractivity contribution in [2.45, 2.75) is 32.2 Å². The van der Waals surface area contributed by atoms with E-state index >= 15 is 0 Å². The number of carbonyl (C=O) groups excluding carboxylic acids is 3. The van der Waals surface area contributed by atoms with Gasteiger partial charge in [-0.3, -0.25) is 19.7 Å². The highest BCUT2D eigenvalue weighted by Crippen LogP contribution is 2.24. The number of nitrogens with zero attached hydrogens (tertiary/aromatic N) is 1. The van der Waals surface area contributed by atoms with Crippen LogP contribution in [0.25, 0.3) is 0 Å². The van der Waals surface area contributed by atoms with Crippen LogP contribution in [0.15, 0.2) is 18.2 Å². The lowest BCUT2D eigenvalue weighted by Crippen LogP contribution is -2.55. The number of amides is 3. The summed E-state index contributed by atoms with van der Waals surface area (Å²) in [6.45, 7) is 2.53. The van der Waals surface area contributed by atoms with Gasteiger partial charge < -0.3 is 4.90 Å². The Labute approximate surface area is 116 Å². The zero-order valence-electron chi connectivity index (χ0n) is 11.3. The molecule has 5 heteroatoms. The van der Waals surface area contributed by atoms with Crippen LogP contribution in [0.3, 0.4) is 0 Å². The van der Waals surface area contributed by atoms with Crippen LogP contribution in [0, 0.1) is 6.92 Å². The molecule has 1 saturated heterocycles. The van der Waals surface area contributed by atoms with Gasteiger partial charge in [-0.25, -0.2) is 0 Å². The van der Waals surface area contributed by atoms with E-state index in [1.807, 2.05) is 25.1 Å². The fourth-order valence-corrected chi connectivity index (χ4v) is 2.91. The van der Waals surface area contributed by atoms with Gasteiger partial charge in [0, 0.05) is 18.5 Å². The molecule has 1 aromatic carbocycles. The second-order valence-electron chi connectivity index (χ2n) is 5.38. The Kier molecular flexibility index (Phi) is 3.04. The molecular weight excluding hydrogens is 256 g/mol. The highest BCUT2D eigenvalue weighted by atomic mass is 16.2. The van der Waals surface area contributed by atoms with Gasteiger partial charge in [0.2, 0.25) is 11.8 Å². The van der Waals surface area contributed by atoms with Crippen LogP contribution in [-0.2, 0) is 16.0 Å². The van der Waals surface area contributed by atoms with Crippen LogP contribution in [0.2, 0.25) is 0 Å². The third-order valence-electron chi connectivity index (χ3n) is 3.96. The van der Waals surface area contributed by atoms with E-state index in [0.717, 1.165) is 17.5 Å². The Morgan fingerprint density at radius 2 is 2.00 bits per heavy atom. The minimum atomic E-state index is -0.519. The minimum Gasteiger partial charge on any atom is -0.326 e. The molecule has 2 aliphatic heterocycles. The number of imide groups is 1. The smallest absolute Gasteiger partial charge is 0.254 e. The second-order valence-corrected chi connectivity index (χ2v) is 5.38. The van der Waals surface area contributed by atoms with Crippen LogP contribution in [-0.4, -0.2) is 35.2 Å². The molecule has 5 nitrogen and oxygen atoms in total. The largest absolute Gasteiger partial charge is 0.326 e. The van der Waals surface area contributed by atoms with Crippen molar-refractivity contribution in [3.8, 4) is 0 Å². The minimum absolute atomic E-state index is 0.110. The second kappa shape index (κ2) is 4.74. The molecule has 1 aromatic rings. The van der Waals surface area contributed by atoms with Gasteiger partial charge in [-0.15, -0.1) is 0 Å². The molecule has 1 unspecified atom stereocenters. The van der Waals surface area contributed by atoms with Crippen molar-refractivity contribution in [1.82, 2.24) is 10.2 Å². The van der Waals surface area contributed by atoms with Crippen molar-refractivity contribution in [2.24, 2.45) is 0 Å². The summed E-state index contributed by atoms with van der Waals surface area (Å²) in [4.78, 5) is 37.2. The molecule has 0 bridgehead atoms. The van der Waals surface area contributed by atoms with Gasteiger partial charge in [0.15, 0.2) is 0 Å². The number of aryl methyl sites for hydroxylation is 1. The first-order valence-corrected chi connectivity index (χ1v) is 6.80. The summed E-state index contributed by atoms with van der Waals surface area (Å²) in [6, 6.07) is 5.24. The van der Waals surface area contributed by atoms with Gasteiger partial charge in [0.1, 0.15) is 6.04 Å². The van der Waals surface area contributed by atoms with Gasteiger partial charge in [-0.05, 0) is 31.4 Å². The van der Waals surface area contributed by atoms with Crippen molar-refractivity contribution in [2.75, 3.05) is 6.54 Å². The van der Waals surface area contributed by atoms with E-state index in [2.05, 4.69) is 5.32 Å². The third kappa shape index (κ3) is 2.09. The van der Waals surface area contributed by atoms with Crippen molar-refractivity contribution < 1.29 is 14.4 Å². The van der Waals surface area contributed by atoms with E-state index in [1.54, 1.807) is 4.90 Å². The maximum Gasteiger partial charge on any atom is 0.254 e. The predicted molar refractivity (Wildman–Crippen MR) is 72.1 cm³/mol. The lowest BCUT2D eigenvalue weighted by Gasteiger charge is -2.36. The molecule has 0 spiro atoms. The number of benzene rings is 1. The number of carbonyl (C=O) groups is 3. The molecule has 0 radical (unpaired) electrons. The van der Waals surface area contributed by atoms with Crippen LogP contribution >= 0.6 is 0 Å². The molecule has 0 saturated carbocycles. The molecular formula is C15H16N2O3. The fraction of sp³-hybridized carbons (Fsp3) is 0.400. The molecule has 20 heavy (non-hydrogen) atoms. The maximum absolute atomic E-state index is 12.5. The van der Waals surface area contributed by atoms with E-state index in [9.17, 15) is 14.4 Å². The van der Waals surface area contributed by atoms with Gasteiger partial charge in [-0.2, -0.15) is 0 Å². The first-order valence-electron chi connectivity index (χ1n) is 6.80. The normalized spacial score (nSPS) is 22.6. The van der Waals surface area contributed by atoms with Crippen molar-refractivity contribution in [3.63, 3.8) is 0 Å². The first kappa shape index (κ1) is 12.8. The molecule has 104 valence electrons. The Morgan fingerprint density at radius 3 is 2.75 bits per heavy atom. The molecule has 3 rings (SSSR count). The average Bonchev–Trinajstić information content (AvgIpc) is 2.40. The van der Waals surface area contributed by atoms with Crippen LogP contribution in [0.5, 0.6) is 0 Å². The summed E-state index contributed by atoms with van der Waals surface area (Å²) in [6.07, 6.45) is 1.46. The quantitative estimate of drug-likeness (QED) is 0.769. The van der Waals surface area contributed by atoms with E-state index in [1.165, 1.54) is 0 Å². The number of hydrogen-bond acceptors (Lipinski definition) is 3. The van der Waals surface area contributed by atoms with E-state index < -0.39 is 6.04 Å². The van der Waals surface area contributed by atoms with Crippen molar-refractivity contribution >= 4 is 17.7 Å². The van der Waals surface area contributed by atoms with Gasteiger partial charge >= 0.3 is 0 Å². The number of hydrogen-bond donors (Lipinski definition) is 1. The summed E-state index contributed by atoms with van der Waals surface area (Å²) >= 11 is 0. The van der Waals surface area contributed by atoms with Gasteiger partial charge in [0.25, 0.3) is 5.91 Å². The summed E-state index contributed by atoms with van der Waals surface area (Å²) in [5.41, 5.74) is 2.84. The number of piperidine rings is 1. The lowest BCUT2D eigenvalue weighted by atomic mass is 9.94. The monoisotopic (exact) mass is 272 g/mol. The number of fused-ring (bicyclic) bond motifs is 1. The number of rotatable bonds is 1. The van der Waals surface area contributed by atoms with Crippen molar-refractivity contribution in [3.05, 3.63) is 34.9 Å². The summed E-state index contributed by atoms with van der Waals surface area (Å²) in [7, 11) is 0. The molecule has 2 aliphatic rings. The molecule has 3 amide bonds. The predicted octanol–water partition coefficient (Wildman–Crippen LogP) is 0.799. The molecule has 1 N–H and O–H groups in total. The highest BCUT2D eigenvalue weighted by molar-refractivity contribution is 6.04. The average molecular weight is 272 g/mol. The van der Waals surface area contributed by atoms with Crippen LogP contribution in [0.1, 0.15) is 34.3 Å². The fourth-order valence-electron chi connectivity index (χ4n) is 2.91. The standard InChI is InChI=1S/C15H16N2O3/c1-9-2-3-11-10(8-9)6-7-17(15(11)20)12-4-5-13(18)16-14(12)19/h2-3,8,12H,4-7H2,1H3,(H,16,18,19). The molecule has 1 fully saturated rings. The first-order chi connectivity index (χ1) is 9.56. The Balaban J connectivity index is 1.87. The maximum atomic E-state index is 12.5. The molecule has 2 heterocycles. The Hall–Kier alpha value is -2.17. The zero-order valence-corrected chi connectivity index (χ0v) is 11.3. The lowest BCUT2D eigenvalue weighted by molar-refractivity contribution is -0.136. The van der Waals surface area contributed by atoms with E-state index in [-0.39, 0.29) is 17.7 Å². The summed E-state index contributed by atoms with van der Waals surface area (Å²) in [5.74, 6) is -0.724. The van der Waals surface area contributed by atoms with E-state index in [0.29, 0.717) is 24.9 Å². The summed E-state index contributed by atoms with van der Waals surface area (Å²) in [5, 5.41) is 2.31. The highest BCUT2D eigenvalue weighted by Gasteiger charge is 2.36.